The SMILES string of the molecule is CC(C)(O)CC[C@@H](O)[C@](C)(O)[C@H]1CC[C@@]2(O)C3=CC(=O)[C@@H]4C[C@@H](O)[C@H](O)C[C@]4(C)[C@H]3CC[C@]12C. The molecule has 0 unspecified atom stereocenters. The Kier molecular flexibility index (Phi) is 6.24. The molecule has 4 rings (SSSR count). The van der Waals surface area contributed by atoms with Crippen LogP contribution in [-0.4, -0.2) is 71.5 Å². The van der Waals surface area contributed by atoms with E-state index >= 15 is 0 Å². The summed E-state index contributed by atoms with van der Waals surface area (Å²) in [6.07, 6.45) is 2.11. The van der Waals surface area contributed by atoms with Gasteiger partial charge in [-0.2, -0.15) is 0 Å². The molecule has 0 radical (unpaired) electrons. The average molecular weight is 481 g/mol. The Hall–Kier alpha value is -0.830. The first-order chi connectivity index (χ1) is 15.5. The van der Waals surface area contributed by atoms with E-state index in [2.05, 4.69) is 0 Å². The zero-order chi connectivity index (χ0) is 25.5. The van der Waals surface area contributed by atoms with Crippen molar-refractivity contribution in [2.75, 3.05) is 0 Å². The highest BCUT2D eigenvalue weighted by Crippen LogP contribution is 2.68. The lowest BCUT2D eigenvalue weighted by molar-refractivity contribution is -0.177. The van der Waals surface area contributed by atoms with Crippen LogP contribution >= 0.6 is 0 Å². The summed E-state index contributed by atoms with van der Waals surface area (Å²) in [6, 6.07) is 0. The van der Waals surface area contributed by atoms with Crippen LogP contribution < -0.4 is 0 Å². The first-order valence-corrected chi connectivity index (χ1v) is 12.9. The van der Waals surface area contributed by atoms with E-state index in [1.54, 1.807) is 26.8 Å². The van der Waals surface area contributed by atoms with Gasteiger partial charge in [-0.3, -0.25) is 4.79 Å². The van der Waals surface area contributed by atoms with Gasteiger partial charge in [0.15, 0.2) is 5.78 Å². The number of allylic oxidation sites excluding steroid dienone is 1. The summed E-state index contributed by atoms with van der Waals surface area (Å²) in [4.78, 5) is 13.2. The van der Waals surface area contributed by atoms with Crippen LogP contribution in [0.4, 0.5) is 0 Å². The van der Waals surface area contributed by atoms with Gasteiger partial charge < -0.3 is 30.6 Å². The highest BCUT2D eigenvalue weighted by atomic mass is 16.3. The molecule has 4 aliphatic rings. The second-order valence-corrected chi connectivity index (χ2v) is 13.2. The van der Waals surface area contributed by atoms with Crippen molar-refractivity contribution in [3.63, 3.8) is 0 Å². The molecule has 3 saturated carbocycles. The van der Waals surface area contributed by atoms with E-state index < -0.39 is 45.9 Å². The lowest BCUT2D eigenvalue weighted by Gasteiger charge is -2.60. The van der Waals surface area contributed by atoms with Crippen LogP contribution in [0.1, 0.15) is 86.0 Å². The van der Waals surface area contributed by atoms with Crippen LogP contribution in [0.3, 0.4) is 0 Å². The zero-order valence-corrected chi connectivity index (χ0v) is 21.3. The van der Waals surface area contributed by atoms with Crippen molar-refractivity contribution in [1.29, 1.82) is 0 Å². The van der Waals surface area contributed by atoms with Gasteiger partial charge in [0.2, 0.25) is 0 Å². The molecule has 0 aromatic rings. The van der Waals surface area contributed by atoms with E-state index in [1.165, 1.54) is 0 Å². The number of aliphatic hydroxyl groups is 6. The van der Waals surface area contributed by atoms with Crippen molar-refractivity contribution in [2.24, 2.45) is 28.6 Å². The summed E-state index contributed by atoms with van der Waals surface area (Å²) >= 11 is 0. The summed E-state index contributed by atoms with van der Waals surface area (Å²) in [5.74, 6) is -0.948. The van der Waals surface area contributed by atoms with Crippen molar-refractivity contribution >= 4 is 5.78 Å². The predicted molar refractivity (Wildman–Crippen MR) is 127 cm³/mol. The molecular weight excluding hydrogens is 436 g/mol. The Balaban J connectivity index is 1.66. The molecule has 4 aliphatic carbocycles. The third-order valence-electron chi connectivity index (χ3n) is 10.5. The van der Waals surface area contributed by atoms with Crippen molar-refractivity contribution in [3.05, 3.63) is 11.6 Å². The minimum atomic E-state index is -1.46. The van der Waals surface area contributed by atoms with Gasteiger partial charge in [0, 0.05) is 11.3 Å². The van der Waals surface area contributed by atoms with Gasteiger partial charge in [-0.25, -0.2) is 0 Å². The van der Waals surface area contributed by atoms with E-state index in [4.69, 9.17) is 0 Å². The molecule has 7 nitrogen and oxygen atoms in total. The summed E-state index contributed by atoms with van der Waals surface area (Å²) in [5.41, 5.74) is -4.27. The van der Waals surface area contributed by atoms with E-state index in [-0.39, 0.29) is 36.4 Å². The molecule has 7 heteroatoms. The van der Waals surface area contributed by atoms with Crippen LogP contribution in [0.2, 0.25) is 0 Å². The molecule has 0 aliphatic heterocycles. The molecular formula is C27H44O7. The lowest BCUT2D eigenvalue weighted by Crippen LogP contribution is -2.62. The summed E-state index contributed by atoms with van der Waals surface area (Å²) in [5, 5.41) is 65.5. The third-order valence-corrected chi connectivity index (χ3v) is 10.5. The number of fused-ring (bicyclic) bond motifs is 5. The average Bonchev–Trinajstić information content (AvgIpc) is 3.00. The van der Waals surface area contributed by atoms with Gasteiger partial charge in [-0.1, -0.05) is 13.8 Å². The Morgan fingerprint density at radius 3 is 2.32 bits per heavy atom. The number of carbonyl (C=O) groups is 1. The molecule has 0 heterocycles. The molecule has 194 valence electrons. The van der Waals surface area contributed by atoms with Crippen molar-refractivity contribution in [1.82, 2.24) is 0 Å². The molecule has 0 aromatic carbocycles. The molecule has 0 aromatic heterocycles. The molecule has 0 saturated heterocycles. The predicted octanol–water partition coefficient (Wildman–Crippen LogP) is 1.85. The lowest BCUT2D eigenvalue weighted by atomic mass is 9.45. The van der Waals surface area contributed by atoms with Crippen molar-refractivity contribution in [2.45, 2.75) is 121 Å². The Labute approximate surface area is 202 Å². The van der Waals surface area contributed by atoms with Crippen LogP contribution in [0, 0.1) is 28.6 Å². The van der Waals surface area contributed by atoms with Crippen LogP contribution in [0.15, 0.2) is 11.6 Å². The monoisotopic (exact) mass is 480 g/mol. The molecule has 0 bridgehead atoms. The zero-order valence-electron chi connectivity index (χ0n) is 21.3. The van der Waals surface area contributed by atoms with Gasteiger partial charge in [-0.15, -0.1) is 0 Å². The van der Waals surface area contributed by atoms with E-state index in [1.807, 2.05) is 13.8 Å². The minimum absolute atomic E-state index is 0.0840. The Morgan fingerprint density at radius 2 is 1.71 bits per heavy atom. The Bertz CT molecular complexity index is 860. The van der Waals surface area contributed by atoms with Crippen LogP contribution in [-0.2, 0) is 4.79 Å². The third kappa shape index (κ3) is 3.73. The van der Waals surface area contributed by atoms with Crippen LogP contribution in [0.5, 0.6) is 0 Å². The van der Waals surface area contributed by atoms with Gasteiger partial charge in [0.25, 0.3) is 0 Å². The number of rotatable bonds is 5. The van der Waals surface area contributed by atoms with Crippen molar-refractivity contribution in [3.8, 4) is 0 Å². The number of carbonyl (C=O) groups excluding carboxylic acids is 1. The molecule has 0 amide bonds. The maximum atomic E-state index is 13.2. The number of aliphatic hydroxyl groups excluding tert-OH is 3. The number of hydrogen-bond donors (Lipinski definition) is 6. The maximum absolute atomic E-state index is 13.2. The fraction of sp³-hybridized carbons (Fsp3) is 0.889. The Morgan fingerprint density at radius 1 is 1.06 bits per heavy atom. The van der Waals surface area contributed by atoms with Gasteiger partial charge >= 0.3 is 0 Å². The normalized spacial score (nSPS) is 47.2. The van der Waals surface area contributed by atoms with E-state index in [9.17, 15) is 35.4 Å². The quantitative estimate of drug-likeness (QED) is 0.353. The fourth-order valence-corrected chi connectivity index (χ4v) is 8.32. The minimum Gasteiger partial charge on any atom is -0.390 e. The molecule has 3 fully saturated rings. The summed E-state index contributed by atoms with van der Waals surface area (Å²) in [7, 11) is 0. The number of ketones is 1. The second kappa shape index (κ2) is 8.09. The maximum Gasteiger partial charge on any atom is 0.159 e. The topological polar surface area (TPSA) is 138 Å². The summed E-state index contributed by atoms with van der Waals surface area (Å²) in [6.45, 7) is 8.96. The van der Waals surface area contributed by atoms with Gasteiger partial charge in [-0.05, 0) is 101 Å². The summed E-state index contributed by atoms with van der Waals surface area (Å²) < 4.78 is 0. The van der Waals surface area contributed by atoms with Gasteiger partial charge in [0.05, 0.1) is 35.1 Å². The smallest absolute Gasteiger partial charge is 0.159 e. The second-order valence-electron chi connectivity index (χ2n) is 13.2. The largest absolute Gasteiger partial charge is 0.390 e. The standard InChI is InChI=1S/C27H44O7/c1-23(2,32)9-8-22(31)26(5,33)21-7-11-27(34)16-12-18(28)17-13-19(29)20(30)14-24(17,3)15(16)6-10-25(21,27)4/h12,15,17,19-22,29-34H,6-11,13-14H2,1-5H3/t15-,17-,19+,20+,21-,22+,24+,25+,26+,27+/m0/s1. The molecule has 34 heavy (non-hydrogen) atoms. The highest BCUT2D eigenvalue weighted by Gasteiger charge is 2.69. The highest BCUT2D eigenvalue weighted by molar-refractivity contribution is 5.95. The van der Waals surface area contributed by atoms with Crippen LogP contribution in [0.25, 0.3) is 0 Å². The van der Waals surface area contributed by atoms with Crippen molar-refractivity contribution < 1.29 is 35.4 Å². The molecule has 10 atom stereocenters. The first kappa shape index (κ1) is 26.2. The van der Waals surface area contributed by atoms with E-state index in [0.29, 0.717) is 44.1 Å². The molecule has 6 N–H and O–H groups in total. The number of hydrogen-bond acceptors (Lipinski definition) is 7. The van der Waals surface area contributed by atoms with E-state index in [0.717, 1.165) is 0 Å². The fourth-order valence-electron chi connectivity index (χ4n) is 8.32. The van der Waals surface area contributed by atoms with Gasteiger partial charge in [0.1, 0.15) is 0 Å². The molecule has 0 spiro atoms. The first-order valence-electron chi connectivity index (χ1n) is 12.9.